The quantitative estimate of drug-likeness (QED) is 0.153. The maximum atomic E-state index is 12.7. The number of hydrogen-bond donors (Lipinski definition) is 1. The monoisotopic (exact) mass is 546 g/mol. The number of carbonyl (C=O) groups is 2. The molecule has 3 aromatic carbocycles. The molecule has 0 saturated carbocycles. The third-order valence-corrected chi connectivity index (χ3v) is 5.28. The average molecular weight is 547 g/mol. The van der Waals surface area contributed by atoms with Crippen molar-refractivity contribution in [1.29, 1.82) is 0 Å². The summed E-state index contributed by atoms with van der Waals surface area (Å²) in [5, 5.41) is 4.67. The number of nitrogens with one attached hydrogen (secondary N) is 1. The summed E-state index contributed by atoms with van der Waals surface area (Å²) in [6.45, 7) is 1.84. The summed E-state index contributed by atoms with van der Waals surface area (Å²) in [4.78, 5) is 24.7. The van der Waals surface area contributed by atoms with E-state index in [2.05, 4.69) is 10.5 Å². The molecule has 0 fully saturated rings. The molecule has 0 aromatic heterocycles. The number of rotatable bonds is 11. The molecule has 1 N–H and O–H groups in total. The van der Waals surface area contributed by atoms with Gasteiger partial charge in [0.05, 0.1) is 37.6 Å². The van der Waals surface area contributed by atoms with Gasteiger partial charge in [-0.05, 0) is 67.1 Å². The number of benzene rings is 3. The second-order valence-corrected chi connectivity index (χ2v) is 8.10. The van der Waals surface area contributed by atoms with Gasteiger partial charge in [0.1, 0.15) is 5.75 Å². The highest BCUT2D eigenvalue weighted by Gasteiger charge is 2.16. The Morgan fingerprint density at radius 3 is 2.30 bits per heavy atom. The van der Waals surface area contributed by atoms with Crippen LogP contribution in [0.3, 0.4) is 0 Å². The minimum absolute atomic E-state index is 0.219. The first kappa shape index (κ1) is 27.6. The van der Waals surface area contributed by atoms with E-state index in [-0.39, 0.29) is 17.9 Å². The zero-order valence-corrected chi connectivity index (χ0v) is 21.8. The highest BCUT2D eigenvalue weighted by atomic mass is 35.5. The van der Waals surface area contributed by atoms with E-state index >= 15 is 0 Å². The summed E-state index contributed by atoms with van der Waals surface area (Å²) >= 11 is 11.9. The number of nitrogens with zero attached hydrogens (tertiary/aromatic N) is 1. The summed E-state index contributed by atoms with van der Waals surface area (Å²) in [5.74, 6) is 0.666. The molecule has 11 heteroatoms. The van der Waals surface area contributed by atoms with E-state index in [0.29, 0.717) is 45.2 Å². The van der Waals surface area contributed by atoms with Crippen LogP contribution in [-0.4, -0.2) is 45.5 Å². The van der Waals surface area contributed by atoms with Gasteiger partial charge in [-0.25, -0.2) is 10.2 Å². The van der Waals surface area contributed by atoms with Gasteiger partial charge in [-0.15, -0.1) is 0 Å². The van der Waals surface area contributed by atoms with Crippen molar-refractivity contribution in [3.63, 3.8) is 0 Å². The maximum Gasteiger partial charge on any atom is 0.343 e. The van der Waals surface area contributed by atoms with Crippen LogP contribution < -0.4 is 29.1 Å². The van der Waals surface area contributed by atoms with Gasteiger partial charge < -0.3 is 23.7 Å². The number of carbonyl (C=O) groups excluding carboxylic acids is 2. The van der Waals surface area contributed by atoms with Crippen LogP contribution in [0.5, 0.6) is 28.7 Å². The molecule has 0 bridgehead atoms. The van der Waals surface area contributed by atoms with Gasteiger partial charge in [-0.3, -0.25) is 4.79 Å². The van der Waals surface area contributed by atoms with Crippen LogP contribution >= 0.6 is 23.2 Å². The highest BCUT2D eigenvalue weighted by molar-refractivity contribution is 6.35. The van der Waals surface area contributed by atoms with Crippen LogP contribution in [0, 0.1) is 0 Å². The molecule has 3 rings (SSSR count). The van der Waals surface area contributed by atoms with Gasteiger partial charge >= 0.3 is 5.97 Å². The number of hydrogen-bond acceptors (Lipinski definition) is 8. The summed E-state index contributed by atoms with van der Waals surface area (Å²) in [7, 11) is 2.98. The molecular formula is C26H24Cl2N2O7. The van der Waals surface area contributed by atoms with Crippen molar-refractivity contribution >= 4 is 41.3 Å². The van der Waals surface area contributed by atoms with E-state index in [1.165, 1.54) is 32.6 Å². The zero-order chi connectivity index (χ0) is 26.8. The Kier molecular flexibility index (Phi) is 10.00. The van der Waals surface area contributed by atoms with E-state index in [1.807, 2.05) is 0 Å². The molecular weight excluding hydrogens is 523 g/mol. The Labute approximate surface area is 223 Å². The minimum Gasteiger partial charge on any atom is -0.493 e. The number of amides is 1. The van der Waals surface area contributed by atoms with Gasteiger partial charge in [0.25, 0.3) is 5.91 Å². The molecule has 0 unspecified atom stereocenters. The SMILES string of the molecule is CCOc1cc(C=NNC(=O)COc2ccc(Cl)cc2Cl)ccc1OC(=O)c1ccc(OC)c(OC)c1. The predicted molar refractivity (Wildman–Crippen MR) is 140 cm³/mol. The second-order valence-electron chi connectivity index (χ2n) is 7.26. The van der Waals surface area contributed by atoms with Gasteiger partial charge in [-0.1, -0.05) is 23.2 Å². The number of esters is 1. The standard InChI is InChI=1S/C26H24Cl2N2O7/c1-4-35-24-11-16(14-29-30-25(31)15-36-20-10-7-18(27)13-19(20)28)5-8-22(24)37-26(32)17-6-9-21(33-2)23(12-17)34-3/h5-14H,4,15H2,1-3H3,(H,30,31). The molecule has 0 spiro atoms. The fourth-order valence-corrected chi connectivity index (χ4v) is 3.49. The van der Waals surface area contributed by atoms with Crippen molar-refractivity contribution in [2.75, 3.05) is 27.4 Å². The summed E-state index contributed by atoms with van der Waals surface area (Å²) < 4.78 is 26.9. The van der Waals surface area contributed by atoms with Crippen molar-refractivity contribution in [3.8, 4) is 28.7 Å². The molecule has 1 amide bonds. The maximum absolute atomic E-state index is 12.7. The van der Waals surface area contributed by atoms with E-state index < -0.39 is 11.9 Å². The van der Waals surface area contributed by atoms with E-state index in [9.17, 15) is 9.59 Å². The molecule has 9 nitrogen and oxygen atoms in total. The minimum atomic E-state index is -0.601. The third-order valence-electron chi connectivity index (χ3n) is 4.75. The van der Waals surface area contributed by atoms with Crippen LogP contribution in [0.4, 0.5) is 0 Å². The van der Waals surface area contributed by atoms with Crippen molar-refractivity contribution < 1.29 is 33.3 Å². The van der Waals surface area contributed by atoms with Crippen LogP contribution in [0.25, 0.3) is 0 Å². The molecule has 0 atom stereocenters. The fourth-order valence-electron chi connectivity index (χ4n) is 3.03. The smallest absolute Gasteiger partial charge is 0.343 e. The Hall–Kier alpha value is -3.95. The molecule has 0 radical (unpaired) electrons. The predicted octanol–water partition coefficient (Wildman–Crippen LogP) is 5.16. The molecule has 0 aliphatic rings. The van der Waals surface area contributed by atoms with E-state index in [1.54, 1.807) is 49.4 Å². The van der Waals surface area contributed by atoms with Crippen molar-refractivity contribution in [3.05, 3.63) is 75.8 Å². The van der Waals surface area contributed by atoms with Crippen molar-refractivity contribution in [2.45, 2.75) is 6.92 Å². The number of ether oxygens (including phenoxy) is 5. The summed E-state index contributed by atoms with van der Waals surface area (Å²) in [5.41, 5.74) is 3.23. The number of halogens is 2. The van der Waals surface area contributed by atoms with Crippen LogP contribution in [0.2, 0.25) is 10.0 Å². The van der Waals surface area contributed by atoms with Crippen LogP contribution in [-0.2, 0) is 4.79 Å². The average Bonchev–Trinajstić information content (AvgIpc) is 2.89. The first-order chi connectivity index (χ1) is 17.8. The third kappa shape index (κ3) is 7.77. The lowest BCUT2D eigenvalue weighted by molar-refractivity contribution is -0.123. The van der Waals surface area contributed by atoms with Crippen LogP contribution in [0.1, 0.15) is 22.8 Å². The highest BCUT2D eigenvalue weighted by Crippen LogP contribution is 2.31. The first-order valence-electron chi connectivity index (χ1n) is 11.0. The molecule has 3 aromatic rings. The lowest BCUT2D eigenvalue weighted by Crippen LogP contribution is -2.24. The Bertz CT molecular complexity index is 1300. The molecule has 0 aliphatic carbocycles. The number of methoxy groups -OCH3 is 2. The largest absolute Gasteiger partial charge is 0.493 e. The second kappa shape index (κ2) is 13.4. The van der Waals surface area contributed by atoms with Gasteiger partial charge in [0, 0.05) is 5.02 Å². The molecule has 37 heavy (non-hydrogen) atoms. The fraction of sp³-hybridized carbons (Fsp3) is 0.192. The molecule has 0 heterocycles. The summed E-state index contributed by atoms with van der Waals surface area (Å²) in [6.07, 6.45) is 1.41. The first-order valence-corrected chi connectivity index (χ1v) is 11.7. The normalized spacial score (nSPS) is 10.6. The number of hydrazone groups is 1. The summed E-state index contributed by atoms with van der Waals surface area (Å²) in [6, 6.07) is 14.2. The van der Waals surface area contributed by atoms with Crippen molar-refractivity contribution in [2.24, 2.45) is 5.10 Å². The lowest BCUT2D eigenvalue weighted by Gasteiger charge is -2.12. The van der Waals surface area contributed by atoms with Gasteiger partial charge in [-0.2, -0.15) is 5.10 Å². The Balaban J connectivity index is 1.63. The van der Waals surface area contributed by atoms with Crippen molar-refractivity contribution in [1.82, 2.24) is 5.43 Å². The van der Waals surface area contributed by atoms with Gasteiger partial charge in [0.15, 0.2) is 29.6 Å². The topological polar surface area (TPSA) is 105 Å². The lowest BCUT2D eigenvalue weighted by atomic mass is 10.2. The Morgan fingerprint density at radius 2 is 1.59 bits per heavy atom. The van der Waals surface area contributed by atoms with Gasteiger partial charge in [0.2, 0.25) is 0 Å². The Morgan fingerprint density at radius 1 is 0.865 bits per heavy atom. The molecule has 194 valence electrons. The molecule has 0 aliphatic heterocycles. The van der Waals surface area contributed by atoms with Crippen LogP contribution in [0.15, 0.2) is 59.7 Å². The van der Waals surface area contributed by atoms with E-state index in [0.717, 1.165) is 0 Å². The molecule has 0 saturated heterocycles. The van der Waals surface area contributed by atoms with E-state index in [4.69, 9.17) is 46.9 Å². The zero-order valence-electron chi connectivity index (χ0n) is 20.2.